The molecule has 26 heavy (non-hydrogen) atoms. The molecule has 138 valence electrons. The van der Waals surface area contributed by atoms with E-state index in [1.165, 1.54) is 12.1 Å². The number of carbonyl (C=O) groups excluding carboxylic acids is 1. The zero-order valence-corrected chi connectivity index (χ0v) is 15.4. The lowest BCUT2D eigenvalue weighted by Gasteiger charge is -2.38. The topological polar surface area (TPSA) is 43.8 Å². The minimum Gasteiger partial charge on any atom is -0.508 e. The Labute approximate surface area is 157 Å². The Hall–Kier alpha value is -2.11. The molecule has 0 saturated carbocycles. The molecule has 1 aliphatic rings. The number of amides is 1. The number of halogens is 2. The van der Waals surface area contributed by atoms with Gasteiger partial charge in [0.15, 0.2) is 0 Å². The second-order valence-electron chi connectivity index (χ2n) is 6.65. The van der Waals surface area contributed by atoms with Crippen LogP contribution in [0.3, 0.4) is 0 Å². The number of rotatable bonds is 4. The molecule has 3 rings (SSSR count). The molecule has 2 aromatic carbocycles. The van der Waals surface area contributed by atoms with Crippen molar-refractivity contribution in [3.63, 3.8) is 0 Å². The normalized spacial score (nSPS) is 15.8. The van der Waals surface area contributed by atoms with E-state index in [1.54, 1.807) is 42.2 Å². The summed E-state index contributed by atoms with van der Waals surface area (Å²) in [5.74, 6) is -0.107. The number of piperidine rings is 1. The minimum absolute atomic E-state index is 0.0393. The van der Waals surface area contributed by atoms with Crippen LogP contribution in [-0.4, -0.2) is 35.0 Å². The Morgan fingerprint density at radius 1 is 1.23 bits per heavy atom. The van der Waals surface area contributed by atoms with E-state index in [4.69, 9.17) is 11.6 Å². The molecule has 0 aliphatic carbocycles. The molecule has 6 heteroatoms. The van der Waals surface area contributed by atoms with Gasteiger partial charge in [0.2, 0.25) is 5.91 Å². The third-order valence-electron chi connectivity index (χ3n) is 4.80. The van der Waals surface area contributed by atoms with E-state index in [-0.39, 0.29) is 23.5 Å². The van der Waals surface area contributed by atoms with E-state index < -0.39 is 0 Å². The lowest BCUT2D eigenvalue weighted by atomic mass is 10.0. The van der Waals surface area contributed by atoms with Crippen LogP contribution in [0.5, 0.6) is 5.75 Å². The number of anilines is 1. The second kappa shape index (κ2) is 8.06. The molecule has 0 bridgehead atoms. The molecule has 0 spiro atoms. The van der Waals surface area contributed by atoms with Gasteiger partial charge >= 0.3 is 0 Å². The third kappa shape index (κ3) is 4.34. The van der Waals surface area contributed by atoms with E-state index in [1.807, 2.05) is 0 Å². The van der Waals surface area contributed by atoms with E-state index in [9.17, 15) is 14.3 Å². The largest absolute Gasteiger partial charge is 0.508 e. The Morgan fingerprint density at radius 2 is 1.88 bits per heavy atom. The average molecular weight is 377 g/mol. The van der Waals surface area contributed by atoms with Gasteiger partial charge < -0.3 is 10.0 Å². The highest BCUT2D eigenvalue weighted by molar-refractivity contribution is 6.30. The number of carbonyl (C=O) groups is 1. The van der Waals surface area contributed by atoms with Crippen molar-refractivity contribution < 1.29 is 14.3 Å². The number of nitrogens with zero attached hydrogens (tertiary/aromatic N) is 2. The molecule has 0 aromatic heterocycles. The lowest BCUT2D eigenvalue weighted by Crippen LogP contribution is -2.46. The van der Waals surface area contributed by atoms with Gasteiger partial charge in [0, 0.05) is 48.9 Å². The number of hydrogen-bond acceptors (Lipinski definition) is 3. The van der Waals surface area contributed by atoms with Gasteiger partial charge in [-0.15, -0.1) is 0 Å². The molecule has 1 fully saturated rings. The van der Waals surface area contributed by atoms with Crippen LogP contribution in [0, 0.1) is 5.82 Å². The van der Waals surface area contributed by atoms with Crippen LogP contribution >= 0.6 is 11.6 Å². The predicted octanol–water partition coefficient (Wildman–Crippen LogP) is 4.20. The second-order valence-corrected chi connectivity index (χ2v) is 7.08. The summed E-state index contributed by atoms with van der Waals surface area (Å²) in [6.07, 6.45) is 1.64. The summed E-state index contributed by atoms with van der Waals surface area (Å²) in [7, 11) is 0. The summed E-state index contributed by atoms with van der Waals surface area (Å²) < 4.78 is 13.2. The molecule has 0 unspecified atom stereocenters. The Bertz CT molecular complexity index is 774. The summed E-state index contributed by atoms with van der Waals surface area (Å²) in [4.78, 5) is 16.2. The fourth-order valence-corrected chi connectivity index (χ4v) is 3.70. The maximum atomic E-state index is 13.2. The quantitative estimate of drug-likeness (QED) is 0.869. The molecule has 1 amide bonds. The summed E-state index contributed by atoms with van der Waals surface area (Å²) in [5.41, 5.74) is 1.53. The summed E-state index contributed by atoms with van der Waals surface area (Å²) >= 11 is 6.01. The zero-order chi connectivity index (χ0) is 18.7. The van der Waals surface area contributed by atoms with E-state index in [0.29, 0.717) is 11.6 Å². The van der Waals surface area contributed by atoms with Gasteiger partial charge in [0.05, 0.1) is 0 Å². The van der Waals surface area contributed by atoms with Gasteiger partial charge in [0.1, 0.15) is 11.6 Å². The fourth-order valence-electron chi connectivity index (χ4n) is 3.51. The lowest BCUT2D eigenvalue weighted by molar-refractivity contribution is -0.117. The maximum absolute atomic E-state index is 13.2. The first-order chi connectivity index (χ1) is 12.4. The van der Waals surface area contributed by atoms with Crippen molar-refractivity contribution in [2.45, 2.75) is 32.4 Å². The summed E-state index contributed by atoms with van der Waals surface area (Å²) in [6, 6.07) is 11.2. The van der Waals surface area contributed by atoms with Crippen molar-refractivity contribution in [1.82, 2.24) is 4.90 Å². The van der Waals surface area contributed by atoms with Crippen molar-refractivity contribution in [3.05, 3.63) is 58.9 Å². The molecule has 1 heterocycles. The number of aromatic hydroxyl groups is 1. The SMILES string of the molecule is CC(=O)N(c1ccc(F)cc1)C1CCN(Cc2cc(Cl)ccc2O)CC1. The Morgan fingerprint density at radius 3 is 2.50 bits per heavy atom. The molecular formula is C20H22ClFN2O2. The molecular weight excluding hydrogens is 355 g/mol. The van der Waals surface area contributed by atoms with Gasteiger partial charge in [-0.25, -0.2) is 4.39 Å². The highest BCUT2D eigenvalue weighted by atomic mass is 35.5. The van der Waals surface area contributed by atoms with Crippen LogP contribution in [0.4, 0.5) is 10.1 Å². The molecule has 1 aliphatic heterocycles. The fraction of sp³-hybridized carbons (Fsp3) is 0.350. The van der Waals surface area contributed by atoms with E-state index in [2.05, 4.69) is 4.90 Å². The van der Waals surface area contributed by atoms with Gasteiger partial charge in [-0.2, -0.15) is 0 Å². The highest BCUT2D eigenvalue weighted by Gasteiger charge is 2.27. The van der Waals surface area contributed by atoms with Crippen molar-refractivity contribution in [3.8, 4) is 5.75 Å². The van der Waals surface area contributed by atoms with Crippen molar-refractivity contribution in [2.24, 2.45) is 0 Å². The number of benzene rings is 2. The van der Waals surface area contributed by atoms with Gasteiger partial charge in [-0.05, 0) is 55.3 Å². The zero-order valence-electron chi connectivity index (χ0n) is 14.7. The van der Waals surface area contributed by atoms with Crippen LogP contribution in [0.25, 0.3) is 0 Å². The summed E-state index contributed by atoms with van der Waals surface area (Å²) in [6.45, 7) is 3.78. The van der Waals surface area contributed by atoms with Crippen LogP contribution in [0.15, 0.2) is 42.5 Å². The highest BCUT2D eigenvalue weighted by Crippen LogP contribution is 2.27. The number of phenols is 1. The van der Waals surface area contributed by atoms with Gasteiger partial charge in [0.25, 0.3) is 0 Å². The van der Waals surface area contributed by atoms with Crippen LogP contribution < -0.4 is 4.90 Å². The molecule has 1 N–H and O–H groups in total. The number of likely N-dealkylation sites (tertiary alicyclic amines) is 1. The Kier molecular flexibility index (Phi) is 5.79. The molecule has 2 aromatic rings. The molecule has 4 nitrogen and oxygen atoms in total. The van der Waals surface area contributed by atoms with Crippen molar-refractivity contribution in [2.75, 3.05) is 18.0 Å². The standard InChI is InChI=1S/C20H22ClFN2O2/c1-14(25)24(18-5-3-17(22)4-6-18)19-8-10-23(11-9-19)13-15-12-16(21)2-7-20(15)26/h2-7,12,19,26H,8-11,13H2,1H3. The van der Waals surface area contributed by atoms with Crippen molar-refractivity contribution in [1.29, 1.82) is 0 Å². The minimum atomic E-state index is -0.312. The van der Waals surface area contributed by atoms with Gasteiger partial charge in [-0.1, -0.05) is 11.6 Å². The van der Waals surface area contributed by atoms with Crippen LogP contribution in [0.1, 0.15) is 25.3 Å². The molecule has 1 saturated heterocycles. The Balaban J connectivity index is 1.65. The third-order valence-corrected chi connectivity index (χ3v) is 5.04. The van der Waals surface area contributed by atoms with Crippen LogP contribution in [0.2, 0.25) is 5.02 Å². The van der Waals surface area contributed by atoms with Crippen molar-refractivity contribution >= 4 is 23.2 Å². The van der Waals surface area contributed by atoms with Gasteiger partial charge in [-0.3, -0.25) is 9.69 Å². The maximum Gasteiger partial charge on any atom is 0.224 e. The number of phenolic OH excluding ortho intramolecular Hbond substituents is 1. The van der Waals surface area contributed by atoms with E-state index >= 15 is 0 Å². The number of hydrogen-bond donors (Lipinski definition) is 1. The first-order valence-corrected chi connectivity index (χ1v) is 9.07. The smallest absolute Gasteiger partial charge is 0.224 e. The molecule has 0 radical (unpaired) electrons. The van der Waals surface area contributed by atoms with Crippen LogP contribution in [-0.2, 0) is 11.3 Å². The first-order valence-electron chi connectivity index (χ1n) is 8.69. The molecule has 0 atom stereocenters. The van der Waals surface area contributed by atoms with E-state index in [0.717, 1.165) is 37.2 Å². The average Bonchev–Trinajstić information content (AvgIpc) is 2.61. The first kappa shape index (κ1) is 18.7. The summed E-state index contributed by atoms with van der Waals surface area (Å²) in [5, 5.41) is 10.6. The predicted molar refractivity (Wildman–Crippen MR) is 101 cm³/mol. The monoisotopic (exact) mass is 376 g/mol.